The van der Waals surface area contributed by atoms with E-state index in [1.165, 1.54) is 22.7 Å². The zero-order valence-corrected chi connectivity index (χ0v) is 12.3. The van der Waals surface area contributed by atoms with E-state index < -0.39 is 0 Å². The van der Waals surface area contributed by atoms with Crippen molar-refractivity contribution >= 4 is 55.5 Å². The highest BCUT2D eigenvalue weighted by atomic mass is 35.5. The van der Waals surface area contributed by atoms with E-state index in [9.17, 15) is 4.79 Å². The van der Waals surface area contributed by atoms with Gasteiger partial charge in [-0.15, -0.1) is 11.3 Å². The first-order valence-corrected chi connectivity index (χ1v) is 7.57. The molecule has 0 saturated heterocycles. The summed E-state index contributed by atoms with van der Waals surface area (Å²) in [7, 11) is 0. The Bertz CT molecular complexity index is 763. The van der Waals surface area contributed by atoms with Crippen LogP contribution in [0.3, 0.4) is 0 Å². The van der Waals surface area contributed by atoms with Crippen LogP contribution in [0.4, 0.5) is 5.13 Å². The van der Waals surface area contributed by atoms with Gasteiger partial charge in [-0.1, -0.05) is 22.9 Å². The SMILES string of the molecule is Cc1ccc(C(=O)Nc2nc3ccc(Cl)cc3s2)s1. The molecular weight excluding hydrogens is 300 g/mol. The summed E-state index contributed by atoms with van der Waals surface area (Å²) in [5.41, 5.74) is 0.840. The molecule has 0 unspecified atom stereocenters. The van der Waals surface area contributed by atoms with Crippen molar-refractivity contribution in [2.45, 2.75) is 6.92 Å². The predicted octanol–water partition coefficient (Wildman–Crippen LogP) is 4.57. The number of anilines is 1. The molecule has 3 nitrogen and oxygen atoms in total. The molecule has 0 fully saturated rings. The fourth-order valence-corrected chi connectivity index (χ4v) is 3.57. The number of thiazole rings is 1. The number of nitrogens with zero attached hydrogens (tertiary/aromatic N) is 1. The Balaban J connectivity index is 1.87. The first kappa shape index (κ1) is 12.6. The van der Waals surface area contributed by atoms with Crippen molar-refractivity contribution in [1.29, 1.82) is 0 Å². The van der Waals surface area contributed by atoms with Crippen molar-refractivity contribution in [2.24, 2.45) is 0 Å². The molecule has 1 N–H and O–H groups in total. The highest BCUT2D eigenvalue weighted by molar-refractivity contribution is 7.22. The number of aromatic nitrogens is 1. The van der Waals surface area contributed by atoms with E-state index in [1.54, 1.807) is 6.07 Å². The minimum atomic E-state index is -0.122. The van der Waals surface area contributed by atoms with Crippen molar-refractivity contribution in [1.82, 2.24) is 4.98 Å². The second kappa shape index (κ2) is 4.92. The van der Waals surface area contributed by atoms with E-state index in [4.69, 9.17) is 11.6 Å². The van der Waals surface area contributed by atoms with E-state index in [1.807, 2.05) is 31.2 Å². The van der Waals surface area contributed by atoms with Crippen molar-refractivity contribution in [3.63, 3.8) is 0 Å². The number of aryl methyl sites for hydroxylation is 1. The van der Waals surface area contributed by atoms with Crippen LogP contribution in [0, 0.1) is 6.92 Å². The molecule has 0 radical (unpaired) electrons. The van der Waals surface area contributed by atoms with Crippen molar-refractivity contribution in [3.05, 3.63) is 45.1 Å². The number of carbonyl (C=O) groups excluding carboxylic acids is 1. The molecule has 1 aromatic carbocycles. The predicted molar refractivity (Wildman–Crippen MR) is 81.6 cm³/mol. The fraction of sp³-hybridized carbons (Fsp3) is 0.0769. The Hall–Kier alpha value is -1.43. The molecule has 0 aliphatic rings. The Morgan fingerprint density at radius 1 is 1.26 bits per heavy atom. The third-order valence-electron chi connectivity index (χ3n) is 2.54. The van der Waals surface area contributed by atoms with Crippen LogP contribution in [-0.4, -0.2) is 10.9 Å². The molecule has 0 spiro atoms. The van der Waals surface area contributed by atoms with Gasteiger partial charge in [-0.2, -0.15) is 0 Å². The molecule has 6 heteroatoms. The van der Waals surface area contributed by atoms with Gasteiger partial charge in [0.05, 0.1) is 15.1 Å². The van der Waals surface area contributed by atoms with Gasteiger partial charge in [-0.3, -0.25) is 10.1 Å². The number of thiophene rings is 1. The number of rotatable bonds is 2. The number of hydrogen-bond acceptors (Lipinski definition) is 4. The second-order valence-electron chi connectivity index (χ2n) is 4.00. The summed E-state index contributed by atoms with van der Waals surface area (Å²) < 4.78 is 0.963. The van der Waals surface area contributed by atoms with E-state index in [0.29, 0.717) is 15.0 Å². The van der Waals surface area contributed by atoms with E-state index >= 15 is 0 Å². The molecule has 0 aliphatic heterocycles. The van der Waals surface area contributed by atoms with Gasteiger partial charge in [-0.05, 0) is 37.3 Å². The lowest BCUT2D eigenvalue weighted by Gasteiger charge is -1.97. The molecular formula is C13H9ClN2OS2. The maximum atomic E-state index is 12.0. The number of amides is 1. The second-order valence-corrected chi connectivity index (χ2v) is 6.75. The lowest BCUT2D eigenvalue weighted by molar-refractivity contribution is 0.103. The van der Waals surface area contributed by atoms with Gasteiger partial charge >= 0.3 is 0 Å². The van der Waals surface area contributed by atoms with Crippen molar-refractivity contribution < 1.29 is 4.79 Å². The van der Waals surface area contributed by atoms with Crippen LogP contribution in [0.2, 0.25) is 5.02 Å². The van der Waals surface area contributed by atoms with Crippen LogP contribution >= 0.6 is 34.3 Å². The normalized spacial score (nSPS) is 10.8. The van der Waals surface area contributed by atoms with Gasteiger partial charge < -0.3 is 0 Å². The van der Waals surface area contributed by atoms with E-state index in [0.717, 1.165) is 15.1 Å². The summed E-state index contributed by atoms with van der Waals surface area (Å²) in [6.45, 7) is 1.97. The van der Waals surface area contributed by atoms with E-state index in [2.05, 4.69) is 10.3 Å². The van der Waals surface area contributed by atoms with Gasteiger partial charge in [0.1, 0.15) is 0 Å². The van der Waals surface area contributed by atoms with Gasteiger partial charge in [0.15, 0.2) is 5.13 Å². The lowest BCUT2D eigenvalue weighted by Crippen LogP contribution is -2.09. The summed E-state index contributed by atoms with van der Waals surface area (Å²) >= 11 is 8.81. The quantitative estimate of drug-likeness (QED) is 0.753. The summed E-state index contributed by atoms with van der Waals surface area (Å²) in [5.74, 6) is -0.122. The molecule has 19 heavy (non-hydrogen) atoms. The van der Waals surface area contributed by atoms with Crippen LogP contribution in [0.5, 0.6) is 0 Å². The molecule has 1 amide bonds. The Kier molecular flexibility index (Phi) is 3.26. The first-order valence-electron chi connectivity index (χ1n) is 5.56. The number of benzene rings is 1. The minimum Gasteiger partial charge on any atom is -0.297 e. The molecule has 0 aliphatic carbocycles. The molecule has 96 valence electrons. The average Bonchev–Trinajstić information content (AvgIpc) is 2.94. The summed E-state index contributed by atoms with van der Waals surface area (Å²) in [6.07, 6.45) is 0. The van der Waals surface area contributed by atoms with Crippen molar-refractivity contribution in [2.75, 3.05) is 5.32 Å². The third kappa shape index (κ3) is 2.63. The maximum Gasteiger partial charge on any atom is 0.267 e. The summed E-state index contributed by atoms with van der Waals surface area (Å²) in [6, 6.07) is 9.23. The smallest absolute Gasteiger partial charge is 0.267 e. The number of hydrogen-bond donors (Lipinski definition) is 1. The average molecular weight is 309 g/mol. The Morgan fingerprint density at radius 2 is 2.11 bits per heavy atom. The Labute approximate surface area is 122 Å². The number of nitrogens with one attached hydrogen (secondary N) is 1. The van der Waals surface area contributed by atoms with Gasteiger partial charge in [0, 0.05) is 9.90 Å². The fourth-order valence-electron chi connectivity index (χ4n) is 1.67. The molecule has 0 atom stereocenters. The number of carbonyl (C=O) groups is 1. The standard InChI is InChI=1S/C13H9ClN2OS2/c1-7-2-5-10(18-7)12(17)16-13-15-9-4-3-8(14)6-11(9)19-13/h2-6H,1H3,(H,15,16,17). The molecule has 0 saturated carbocycles. The molecule has 3 rings (SSSR count). The minimum absolute atomic E-state index is 0.122. The topological polar surface area (TPSA) is 42.0 Å². The number of halogens is 1. The van der Waals surface area contributed by atoms with Crippen LogP contribution in [-0.2, 0) is 0 Å². The van der Waals surface area contributed by atoms with Crippen LogP contribution in [0.25, 0.3) is 10.2 Å². The number of fused-ring (bicyclic) bond motifs is 1. The molecule has 2 aromatic heterocycles. The van der Waals surface area contributed by atoms with Crippen LogP contribution in [0.1, 0.15) is 14.5 Å². The molecule has 2 heterocycles. The molecule has 3 aromatic rings. The zero-order chi connectivity index (χ0) is 13.4. The van der Waals surface area contributed by atoms with Crippen molar-refractivity contribution in [3.8, 4) is 0 Å². The molecule has 0 bridgehead atoms. The van der Waals surface area contributed by atoms with Gasteiger partial charge in [-0.25, -0.2) is 4.98 Å². The zero-order valence-electron chi connectivity index (χ0n) is 9.94. The highest BCUT2D eigenvalue weighted by Crippen LogP contribution is 2.29. The van der Waals surface area contributed by atoms with E-state index in [-0.39, 0.29) is 5.91 Å². The maximum absolute atomic E-state index is 12.0. The summed E-state index contributed by atoms with van der Waals surface area (Å²) in [4.78, 5) is 18.2. The van der Waals surface area contributed by atoms with Crippen LogP contribution in [0.15, 0.2) is 30.3 Å². The lowest BCUT2D eigenvalue weighted by atomic mass is 10.3. The van der Waals surface area contributed by atoms with Crippen LogP contribution < -0.4 is 5.32 Å². The van der Waals surface area contributed by atoms with Gasteiger partial charge in [0.25, 0.3) is 5.91 Å². The highest BCUT2D eigenvalue weighted by Gasteiger charge is 2.11. The Morgan fingerprint density at radius 3 is 2.84 bits per heavy atom. The largest absolute Gasteiger partial charge is 0.297 e. The summed E-state index contributed by atoms with van der Waals surface area (Å²) in [5, 5.41) is 4.08. The first-order chi connectivity index (χ1) is 9.11. The monoisotopic (exact) mass is 308 g/mol. The third-order valence-corrected chi connectivity index (χ3v) is 4.70. The van der Waals surface area contributed by atoms with Gasteiger partial charge in [0.2, 0.25) is 0 Å².